The van der Waals surface area contributed by atoms with Gasteiger partial charge in [-0.3, -0.25) is 0 Å². The van der Waals surface area contributed by atoms with Gasteiger partial charge in [0.25, 0.3) is 0 Å². The van der Waals surface area contributed by atoms with Gasteiger partial charge in [0.1, 0.15) is 5.82 Å². The predicted octanol–water partition coefficient (Wildman–Crippen LogP) is 3.70. The summed E-state index contributed by atoms with van der Waals surface area (Å²) in [4.78, 5) is 4.64. The molecule has 1 aliphatic heterocycles. The number of hydrazine groups is 1. The Morgan fingerprint density at radius 2 is 1.95 bits per heavy atom. The standard InChI is InChI=1S/C17H20N4/c1-12-6-5-7-13(2)21(12)20-17-10-14(11-18)15-8-3-4-9-16(15)19-17/h3-4,8-10,12-13H,5-7H2,1-2H3,(H,19,20). The lowest BCUT2D eigenvalue weighted by atomic mass is 10.00. The zero-order valence-corrected chi connectivity index (χ0v) is 12.5. The largest absolute Gasteiger partial charge is 0.303 e. The average molecular weight is 280 g/mol. The van der Waals surface area contributed by atoms with Crippen molar-refractivity contribution in [2.45, 2.75) is 45.2 Å². The number of hydrogen-bond donors (Lipinski definition) is 1. The highest BCUT2D eigenvalue weighted by molar-refractivity contribution is 5.86. The summed E-state index contributed by atoms with van der Waals surface area (Å²) in [6, 6.07) is 12.9. The lowest BCUT2D eigenvalue weighted by molar-refractivity contribution is 0.135. The van der Waals surface area contributed by atoms with Gasteiger partial charge in [0, 0.05) is 23.5 Å². The minimum atomic E-state index is 0.479. The molecular weight excluding hydrogens is 260 g/mol. The molecule has 1 fully saturated rings. The quantitative estimate of drug-likeness (QED) is 0.911. The van der Waals surface area contributed by atoms with E-state index in [9.17, 15) is 5.26 Å². The molecule has 4 nitrogen and oxygen atoms in total. The van der Waals surface area contributed by atoms with Gasteiger partial charge in [0.2, 0.25) is 0 Å². The Balaban J connectivity index is 1.95. The van der Waals surface area contributed by atoms with Crippen LogP contribution in [0.25, 0.3) is 10.9 Å². The van der Waals surface area contributed by atoms with Crippen molar-refractivity contribution < 1.29 is 0 Å². The zero-order chi connectivity index (χ0) is 14.8. The number of nitrogens with one attached hydrogen (secondary N) is 1. The summed E-state index contributed by atoms with van der Waals surface area (Å²) in [5.74, 6) is 0.755. The number of fused-ring (bicyclic) bond motifs is 1. The van der Waals surface area contributed by atoms with Gasteiger partial charge in [-0.2, -0.15) is 5.26 Å². The molecule has 0 saturated carbocycles. The number of aromatic nitrogens is 1. The van der Waals surface area contributed by atoms with Crippen LogP contribution >= 0.6 is 0 Å². The highest BCUT2D eigenvalue weighted by Crippen LogP contribution is 2.25. The van der Waals surface area contributed by atoms with E-state index in [-0.39, 0.29) is 0 Å². The van der Waals surface area contributed by atoms with Crippen LogP contribution in [0, 0.1) is 11.3 Å². The Hall–Kier alpha value is -2.12. The Morgan fingerprint density at radius 3 is 2.67 bits per heavy atom. The smallest absolute Gasteiger partial charge is 0.142 e. The molecule has 1 aromatic heterocycles. The number of benzene rings is 1. The summed E-state index contributed by atoms with van der Waals surface area (Å²) in [6.45, 7) is 4.46. The number of pyridine rings is 1. The molecule has 4 heteroatoms. The molecule has 1 aliphatic rings. The second-order valence-electron chi connectivity index (χ2n) is 5.83. The fourth-order valence-electron chi connectivity index (χ4n) is 3.10. The first kappa shape index (κ1) is 13.8. The second kappa shape index (κ2) is 5.71. The van der Waals surface area contributed by atoms with Crippen LogP contribution in [0.4, 0.5) is 5.82 Å². The highest BCUT2D eigenvalue weighted by atomic mass is 15.5. The predicted molar refractivity (Wildman–Crippen MR) is 84.7 cm³/mol. The molecule has 2 atom stereocenters. The van der Waals surface area contributed by atoms with Gasteiger partial charge in [0.15, 0.2) is 0 Å². The van der Waals surface area contributed by atoms with Crippen molar-refractivity contribution in [1.82, 2.24) is 9.99 Å². The maximum Gasteiger partial charge on any atom is 0.142 e. The van der Waals surface area contributed by atoms with Crippen molar-refractivity contribution in [1.29, 1.82) is 5.26 Å². The van der Waals surface area contributed by atoms with E-state index in [1.165, 1.54) is 19.3 Å². The summed E-state index contributed by atoms with van der Waals surface area (Å²) < 4.78 is 0. The fourth-order valence-corrected chi connectivity index (χ4v) is 3.10. The van der Waals surface area contributed by atoms with Crippen molar-refractivity contribution in [2.75, 3.05) is 5.43 Å². The first-order chi connectivity index (χ1) is 10.2. The van der Waals surface area contributed by atoms with Crippen LogP contribution in [0.2, 0.25) is 0 Å². The van der Waals surface area contributed by atoms with Crippen LogP contribution < -0.4 is 5.43 Å². The van der Waals surface area contributed by atoms with Crippen LogP contribution in [0.5, 0.6) is 0 Å². The highest BCUT2D eigenvalue weighted by Gasteiger charge is 2.25. The van der Waals surface area contributed by atoms with E-state index in [0.717, 1.165) is 16.7 Å². The zero-order valence-electron chi connectivity index (χ0n) is 12.5. The van der Waals surface area contributed by atoms with E-state index in [2.05, 4.69) is 35.3 Å². The number of rotatable bonds is 2. The SMILES string of the molecule is CC1CCCC(C)N1Nc1cc(C#N)c2ccccc2n1. The number of nitriles is 1. The molecule has 0 spiro atoms. The minimum absolute atomic E-state index is 0.479. The molecule has 21 heavy (non-hydrogen) atoms. The topological polar surface area (TPSA) is 52.0 Å². The van der Waals surface area contributed by atoms with Gasteiger partial charge in [-0.25, -0.2) is 9.99 Å². The van der Waals surface area contributed by atoms with E-state index < -0.39 is 0 Å². The van der Waals surface area contributed by atoms with Gasteiger partial charge in [-0.1, -0.05) is 24.6 Å². The van der Waals surface area contributed by atoms with Crippen LogP contribution in [0.1, 0.15) is 38.7 Å². The maximum atomic E-state index is 9.35. The number of anilines is 1. The molecule has 0 bridgehead atoms. The van der Waals surface area contributed by atoms with Gasteiger partial charge in [-0.05, 0) is 32.8 Å². The van der Waals surface area contributed by atoms with E-state index in [4.69, 9.17) is 0 Å². The molecule has 2 heterocycles. The summed E-state index contributed by atoms with van der Waals surface area (Å²) in [7, 11) is 0. The van der Waals surface area contributed by atoms with Gasteiger partial charge in [0.05, 0.1) is 17.1 Å². The van der Waals surface area contributed by atoms with Crippen LogP contribution in [0.3, 0.4) is 0 Å². The number of piperidine rings is 1. The molecule has 3 rings (SSSR count). The van der Waals surface area contributed by atoms with E-state index in [0.29, 0.717) is 17.6 Å². The van der Waals surface area contributed by atoms with Crippen molar-refractivity contribution in [2.24, 2.45) is 0 Å². The third kappa shape index (κ3) is 2.70. The Morgan fingerprint density at radius 1 is 1.24 bits per heavy atom. The van der Waals surface area contributed by atoms with Crippen molar-refractivity contribution >= 4 is 16.7 Å². The summed E-state index contributed by atoms with van der Waals surface area (Å²) in [5.41, 5.74) is 4.94. The number of nitrogens with zero attached hydrogens (tertiary/aromatic N) is 3. The first-order valence-corrected chi connectivity index (χ1v) is 7.54. The van der Waals surface area contributed by atoms with E-state index >= 15 is 0 Å². The molecule has 2 unspecified atom stereocenters. The lowest BCUT2D eigenvalue weighted by Crippen LogP contribution is -2.47. The second-order valence-corrected chi connectivity index (χ2v) is 5.83. The molecule has 0 radical (unpaired) electrons. The lowest BCUT2D eigenvalue weighted by Gasteiger charge is -2.39. The molecular formula is C17H20N4. The Labute approximate surface area is 125 Å². The molecule has 0 amide bonds. The van der Waals surface area contributed by atoms with Crippen LogP contribution in [-0.4, -0.2) is 22.1 Å². The monoisotopic (exact) mass is 280 g/mol. The summed E-state index contributed by atoms with van der Waals surface area (Å²) in [5, 5.41) is 12.5. The number of para-hydroxylation sites is 1. The van der Waals surface area contributed by atoms with Crippen molar-refractivity contribution in [3.63, 3.8) is 0 Å². The molecule has 2 aromatic rings. The normalized spacial score (nSPS) is 22.9. The maximum absolute atomic E-state index is 9.35. The first-order valence-electron chi connectivity index (χ1n) is 7.54. The summed E-state index contributed by atoms with van der Waals surface area (Å²) >= 11 is 0. The third-order valence-electron chi connectivity index (χ3n) is 4.27. The Bertz CT molecular complexity index is 679. The van der Waals surface area contributed by atoms with Gasteiger partial charge in [-0.15, -0.1) is 0 Å². The fraction of sp³-hybridized carbons (Fsp3) is 0.412. The van der Waals surface area contributed by atoms with E-state index in [1.807, 2.05) is 30.3 Å². The average Bonchev–Trinajstić information content (AvgIpc) is 2.50. The van der Waals surface area contributed by atoms with E-state index in [1.54, 1.807) is 0 Å². The molecule has 1 N–H and O–H groups in total. The minimum Gasteiger partial charge on any atom is -0.303 e. The molecule has 0 aliphatic carbocycles. The molecule has 108 valence electrons. The third-order valence-corrected chi connectivity index (χ3v) is 4.27. The summed E-state index contributed by atoms with van der Waals surface area (Å²) in [6.07, 6.45) is 3.65. The Kier molecular flexibility index (Phi) is 3.76. The molecule has 1 aromatic carbocycles. The van der Waals surface area contributed by atoms with Crippen LogP contribution in [-0.2, 0) is 0 Å². The van der Waals surface area contributed by atoms with Gasteiger partial charge < -0.3 is 5.43 Å². The number of hydrogen-bond acceptors (Lipinski definition) is 4. The van der Waals surface area contributed by atoms with Crippen molar-refractivity contribution in [3.05, 3.63) is 35.9 Å². The van der Waals surface area contributed by atoms with Gasteiger partial charge >= 0.3 is 0 Å². The molecule has 1 saturated heterocycles. The van der Waals surface area contributed by atoms with Crippen molar-refractivity contribution in [3.8, 4) is 6.07 Å². The van der Waals surface area contributed by atoms with Crippen LogP contribution in [0.15, 0.2) is 30.3 Å².